The van der Waals surface area contributed by atoms with E-state index in [2.05, 4.69) is 34.2 Å². The van der Waals surface area contributed by atoms with E-state index in [0.717, 1.165) is 31.0 Å². The van der Waals surface area contributed by atoms with Gasteiger partial charge in [-0.2, -0.15) is 4.98 Å². The fourth-order valence-electron chi connectivity index (χ4n) is 2.42. The van der Waals surface area contributed by atoms with Crippen LogP contribution >= 0.6 is 0 Å². The van der Waals surface area contributed by atoms with Gasteiger partial charge in [-0.15, -0.1) is 0 Å². The van der Waals surface area contributed by atoms with Gasteiger partial charge in [-0.3, -0.25) is 0 Å². The molecule has 0 spiro atoms. The first-order valence-electron chi connectivity index (χ1n) is 6.55. The standard InChI is InChI=1S/C13H22N4O/c1-5-14-13-15-8-9(2)12(16-13)17(4)11-6-7-18-10(11)3/h8,10-11H,5-7H2,1-4H3,(H,14,15,16). The molecule has 0 amide bonds. The Kier molecular flexibility index (Phi) is 4.01. The Balaban J connectivity index is 2.22. The third-order valence-corrected chi connectivity index (χ3v) is 3.45. The highest BCUT2D eigenvalue weighted by Gasteiger charge is 2.29. The lowest BCUT2D eigenvalue weighted by Crippen LogP contribution is -2.37. The molecular formula is C13H22N4O. The van der Waals surface area contributed by atoms with Crippen molar-refractivity contribution < 1.29 is 4.74 Å². The van der Waals surface area contributed by atoms with Crippen LogP contribution in [0.1, 0.15) is 25.8 Å². The largest absolute Gasteiger partial charge is 0.376 e. The lowest BCUT2D eigenvalue weighted by molar-refractivity contribution is 0.118. The predicted octanol–water partition coefficient (Wildman–Crippen LogP) is 1.83. The summed E-state index contributed by atoms with van der Waals surface area (Å²) in [7, 11) is 2.08. The van der Waals surface area contributed by atoms with Crippen molar-refractivity contribution in [1.29, 1.82) is 0 Å². The van der Waals surface area contributed by atoms with Crippen LogP contribution in [-0.4, -0.2) is 42.3 Å². The van der Waals surface area contributed by atoms with Crippen molar-refractivity contribution in [1.82, 2.24) is 9.97 Å². The quantitative estimate of drug-likeness (QED) is 0.883. The zero-order chi connectivity index (χ0) is 13.1. The van der Waals surface area contributed by atoms with Crippen LogP contribution in [0.2, 0.25) is 0 Å². The molecule has 5 nitrogen and oxygen atoms in total. The lowest BCUT2D eigenvalue weighted by atomic mass is 10.1. The highest BCUT2D eigenvalue weighted by molar-refractivity contribution is 5.49. The molecule has 2 atom stereocenters. The molecule has 5 heteroatoms. The van der Waals surface area contributed by atoms with E-state index in [0.29, 0.717) is 12.0 Å². The van der Waals surface area contributed by atoms with E-state index in [-0.39, 0.29) is 6.10 Å². The molecule has 2 unspecified atom stereocenters. The average molecular weight is 250 g/mol. The molecule has 0 saturated carbocycles. The first kappa shape index (κ1) is 13.1. The van der Waals surface area contributed by atoms with Gasteiger partial charge >= 0.3 is 0 Å². The van der Waals surface area contributed by atoms with Crippen LogP contribution in [0, 0.1) is 6.92 Å². The normalized spacial score (nSPS) is 23.1. The summed E-state index contributed by atoms with van der Waals surface area (Å²) in [6.07, 6.45) is 3.18. The maximum Gasteiger partial charge on any atom is 0.224 e. The highest BCUT2D eigenvalue weighted by atomic mass is 16.5. The van der Waals surface area contributed by atoms with Crippen molar-refractivity contribution in [2.45, 2.75) is 39.3 Å². The molecular weight excluding hydrogens is 228 g/mol. The van der Waals surface area contributed by atoms with E-state index < -0.39 is 0 Å². The molecule has 2 rings (SSSR count). The number of nitrogens with zero attached hydrogens (tertiary/aromatic N) is 3. The van der Waals surface area contributed by atoms with Gasteiger partial charge in [-0.1, -0.05) is 0 Å². The summed E-state index contributed by atoms with van der Waals surface area (Å²) in [6, 6.07) is 0.396. The summed E-state index contributed by atoms with van der Waals surface area (Å²) in [5.41, 5.74) is 1.10. The Labute approximate surface area is 109 Å². The van der Waals surface area contributed by atoms with Crippen LogP contribution in [-0.2, 0) is 4.74 Å². The third-order valence-electron chi connectivity index (χ3n) is 3.45. The minimum absolute atomic E-state index is 0.256. The van der Waals surface area contributed by atoms with E-state index in [1.165, 1.54) is 0 Å². The van der Waals surface area contributed by atoms with Gasteiger partial charge in [0.2, 0.25) is 5.95 Å². The molecule has 1 aliphatic rings. The maximum atomic E-state index is 5.62. The molecule has 18 heavy (non-hydrogen) atoms. The monoisotopic (exact) mass is 250 g/mol. The first-order valence-corrected chi connectivity index (χ1v) is 6.55. The SMILES string of the molecule is CCNc1ncc(C)c(N(C)C2CCOC2C)n1. The van der Waals surface area contributed by atoms with Crippen molar-refractivity contribution in [3.63, 3.8) is 0 Å². The van der Waals surface area contributed by atoms with E-state index in [9.17, 15) is 0 Å². The van der Waals surface area contributed by atoms with Gasteiger partial charge in [-0.25, -0.2) is 4.98 Å². The number of hydrogen-bond acceptors (Lipinski definition) is 5. The summed E-state index contributed by atoms with van der Waals surface area (Å²) in [4.78, 5) is 11.1. The number of aryl methyl sites for hydroxylation is 1. The van der Waals surface area contributed by atoms with Crippen LogP contribution in [0.15, 0.2) is 6.20 Å². The fourth-order valence-corrected chi connectivity index (χ4v) is 2.42. The Morgan fingerprint density at radius 2 is 2.33 bits per heavy atom. The summed E-state index contributed by atoms with van der Waals surface area (Å²) >= 11 is 0. The smallest absolute Gasteiger partial charge is 0.224 e. The minimum Gasteiger partial charge on any atom is -0.376 e. The molecule has 0 radical (unpaired) electrons. The first-order chi connectivity index (χ1) is 8.63. The molecule has 1 aromatic rings. The van der Waals surface area contributed by atoms with E-state index in [4.69, 9.17) is 4.74 Å². The second-order valence-electron chi connectivity index (χ2n) is 4.77. The third kappa shape index (κ3) is 2.56. The zero-order valence-electron chi connectivity index (χ0n) is 11.6. The van der Waals surface area contributed by atoms with Crippen LogP contribution in [0.4, 0.5) is 11.8 Å². The van der Waals surface area contributed by atoms with Gasteiger partial charge < -0.3 is 15.0 Å². The summed E-state index contributed by atoms with van der Waals surface area (Å²) in [5.74, 6) is 1.68. The van der Waals surface area contributed by atoms with Gasteiger partial charge in [-0.05, 0) is 27.2 Å². The summed E-state index contributed by atoms with van der Waals surface area (Å²) in [6.45, 7) is 7.87. The number of rotatable bonds is 4. The summed E-state index contributed by atoms with van der Waals surface area (Å²) < 4.78 is 5.62. The Hall–Kier alpha value is -1.36. The molecule has 0 aromatic carbocycles. The Bertz CT molecular complexity index is 410. The topological polar surface area (TPSA) is 50.3 Å². The van der Waals surface area contributed by atoms with Crippen LogP contribution in [0.3, 0.4) is 0 Å². The average Bonchev–Trinajstić information content (AvgIpc) is 2.77. The summed E-state index contributed by atoms with van der Waals surface area (Å²) in [5, 5.41) is 3.15. The Morgan fingerprint density at radius 1 is 1.56 bits per heavy atom. The zero-order valence-corrected chi connectivity index (χ0v) is 11.6. The number of ether oxygens (including phenoxy) is 1. The second kappa shape index (κ2) is 5.52. The predicted molar refractivity (Wildman–Crippen MR) is 73.2 cm³/mol. The highest BCUT2D eigenvalue weighted by Crippen LogP contribution is 2.25. The molecule has 0 bridgehead atoms. The van der Waals surface area contributed by atoms with Crippen molar-refractivity contribution >= 4 is 11.8 Å². The number of hydrogen-bond donors (Lipinski definition) is 1. The van der Waals surface area contributed by atoms with Gasteiger partial charge in [0.1, 0.15) is 5.82 Å². The molecule has 1 N–H and O–H groups in total. The molecule has 0 aliphatic carbocycles. The van der Waals surface area contributed by atoms with Crippen molar-refractivity contribution in [3.05, 3.63) is 11.8 Å². The van der Waals surface area contributed by atoms with Gasteiger partial charge in [0.15, 0.2) is 0 Å². The lowest BCUT2D eigenvalue weighted by Gasteiger charge is -2.29. The van der Waals surface area contributed by atoms with E-state index in [1.54, 1.807) is 0 Å². The van der Waals surface area contributed by atoms with Crippen molar-refractivity contribution in [3.8, 4) is 0 Å². The van der Waals surface area contributed by atoms with Crippen LogP contribution < -0.4 is 10.2 Å². The molecule has 100 valence electrons. The number of anilines is 2. The van der Waals surface area contributed by atoms with E-state index >= 15 is 0 Å². The Morgan fingerprint density at radius 3 is 2.94 bits per heavy atom. The van der Waals surface area contributed by atoms with Gasteiger partial charge in [0, 0.05) is 32.0 Å². The molecule has 1 aromatic heterocycles. The molecule has 1 saturated heterocycles. The van der Waals surface area contributed by atoms with Crippen molar-refractivity contribution in [2.24, 2.45) is 0 Å². The van der Waals surface area contributed by atoms with Crippen LogP contribution in [0.5, 0.6) is 0 Å². The van der Waals surface area contributed by atoms with E-state index in [1.807, 2.05) is 20.0 Å². The van der Waals surface area contributed by atoms with Crippen LogP contribution in [0.25, 0.3) is 0 Å². The number of nitrogens with one attached hydrogen (secondary N) is 1. The number of aromatic nitrogens is 2. The number of likely N-dealkylation sites (N-methyl/N-ethyl adjacent to an activating group) is 1. The van der Waals surface area contributed by atoms with Gasteiger partial charge in [0.05, 0.1) is 12.1 Å². The van der Waals surface area contributed by atoms with Gasteiger partial charge in [0.25, 0.3) is 0 Å². The minimum atomic E-state index is 0.256. The molecule has 2 heterocycles. The fraction of sp³-hybridized carbons (Fsp3) is 0.692. The van der Waals surface area contributed by atoms with Crippen molar-refractivity contribution in [2.75, 3.05) is 30.4 Å². The second-order valence-corrected chi connectivity index (χ2v) is 4.77. The molecule has 1 aliphatic heterocycles. The maximum absolute atomic E-state index is 5.62. The molecule has 1 fully saturated rings.